The van der Waals surface area contributed by atoms with Crippen LogP contribution in [-0.2, 0) is 0 Å². The second-order valence-electron chi connectivity index (χ2n) is 4.91. The molecule has 1 amide bonds. The van der Waals surface area contributed by atoms with Gasteiger partial charge >= 0.3 is 0 Å². The van der Waals surface area contributed by atoms with Crippen molar-refractivity contribution in [2.75, 3.05) is 18.4 Å². The molecule has 1 heterocycles. The number of rotatable bonds is 3. The monoisotopic (exact) mass is 319 g/mol. The number of nitrogens with one attached hydrogen (secondary N) is 2. The number of nitrogens with zero attached hydrogens (tertiary/aromatic N) is 1. The third-order valence-electron chi connectivity index (χ3n) is 3.35. The largest absolute Gasteiger partial charge is 0.368 e. The molecule has 0 aliphatic carbocycles. The number of anilines is 1. The molecule has 118 valence electrons. The topological polar surface area (TPSA) is 53.5 Å². The molecule has 0 spiro atoms. The summed E-state index contributed by atoms with van der Waals surface area (Å²) in [7, 11) is 0. The van der Waals surface area contributed by atoms with E-state index in [1.165, 1.54) is 0 Å². The highest BCUT2D eigenvalue weighted by Crippen LogP contribution is 2.18. The SMILES string of the molecule is O=C(Nc1cccc(C2=NCCN2)c1)c1ccc(F)c(F)c1F. The minimum Gasteiger partial charge on any atom is -0.368 e. The van der Waals surface area contributed by atoms with Crippen LogP contribution in [0.25, 0.3) is 0 Å². The van der Waals surface area contributed by atoms with Gasteiger partial charge in [0.05, 0.1) is 12.1 Å². The normalized spacial score (nSPS) is 13.4. The Hall–Kier alpha value is -2.83. The van der Waals surface area contributed by atoms with Crippen molar-refractivity contribution < 1.29 is 18.0 Å². The van der Waals surface area contributed by atoms with Crippen LogP contribution in [0.5, 0.6) is 0 Å². The zero-order valence-electron chi connectivity index (χ0n) is 11.9. The number of benzene rings is 2. The standard InChI is InChI=1S/C16H12F3N3O/c17-12-5-4-11(13(18)14(12)19)16(23)22-10-3-1-2-9(8-10)15-20-6-7-21-15/h1-5,8H,6-7H2,(H,20,21)(H,22,23). The lowest BCUT2D eigenvalue weighted by Crippen LogP contribution is -2.20. The van der Waals surface area contributed by atoms with E-state index in [0.717, 1.165) is 18.2 Å². The van der Waals surface area contributed by atoms with Crippen molar-refractivity contribution in [3.8, 4) is 0 Å². The first-order valence-corrected chi connectivity index (χ1v) is 6.90. The summed E-state index contributed by atoms with van der Waals surface area (Å²) in [5.74, 6) is -4.68. The zero-order valence-corrected chi connectivity index (χ0v) is 11.9. The van der Waals surface area contributed by atoms with E-state index in [1.807, 2.05) is 6.07 Å². The van der Waals surface area contributed by atoms with Crippen LogP contribution in [0.1, 0.15) is 15.9 Å². The number of halogens is 3. The van der Waals surface area contributed by atoms with Gasteiger partial charge in [-0.15, -0.1) is 0 Å². The van der Waals surface area contributed by atoms with Crippen LogP contribution in [-0.4, -0.2) is 24.8 Å². The third-order valence-corrected chi connectivity index (χ3v) is 3.35. The van der Waals surface area contributed by atoms with E-state index in [9.17, 15) is 18.0 Å². The molecule has 2 aromatic rings. The van der Waals surface area contributed by atoms with Crippen LogP contribution >= 0.6 is 0 Å². The van der Waals surface area contributed by atoms with Crippen molar-refractivity contribution in [3.63, 3.8) is 0 Å². The summed E-state index contributed by atoms with van der Waals surface area (Å²) in [6.45, 7) is 1.41. The van der Waals surface area contributed by atoms with E-state index in [2.05, 4.69) is 15.6 Å². The Labute approximate surface area is 130 Å². The molecule has 3 rings (SSSR count). The molecule has 2 N–H and O–H groups in total. The van der Waals surface area contributed by atoms with Crippen LogP contribution in [0.3, 0.4) is 0 Å². The highest BCUT2D eigenvalue weighted by Gasteiger charge is 2.19. The summed E-state index contributed by atoms with van der Waals surface area (Å²) < 4.78 is 39.7. The summed E-state index contributed by atoms with van der Waals surface area (Å²) in [5, 5.41) is 5.55. The second kappa shape index (κ2) is 6.12. The van der Waals surface area contributed by atoms with Gasteiger partial charge in [0.2, 0.25) is 0 Å². The lowest BCUT2D eigenvalue weighted by atomic mass is 10.1. The minimum atomic E-state index is -1.67. The van der Waals surface area contributed by atoms with Gasteiger partial charge in [0.1, 0.15) is 5.84 Å². The summed E-state index contributed by atoms with van der Waals surface area (Å²) >= 11 is 0. The fraction of sp³-hybridized carbons (Fsp3) is 0.125. The van der Waals surface area contributed by atoms with E-state index in [-0.39, 0.29) is 0 Å². The first kappa shape index (κ1) is 15.1. The number of hydrogen-bond acceptors (Lipinski definition) is 3. The van der Waals surface area contributed by atoms with Crippen LogP contribution in [0.15, 0.2) is 41.4 Å². The molecule has 0 aromatic heterocycles. The minimum absolute atomic E-state index is 0.396. The van der Waals surface area contributed by atoms with Gasteiger partial charge in [-0.25, -0.2) is 13.2 Å². The maximum Gasteiger partial charge on any atom is 0.258 e. The second-order valence-corrected chi connectivity index (χ2v) is 4.91. The number of carbonyl (C=O) groups is 1. The molecule has 1 aliphatic heterocycles. The molecule has 7 heteroatoms. The fourth-order valence-corrected chi connectivity index (χ4v) is 2.24. The average molecular weight is 319 g/mol. The molecule has 0 fully saturated rings. The number of aliphatic imine (C=N–C) groups is 1. The first-order valence-electron chi connectivity index (χ1n) is 6.90. The quantitative estimate of drug-likeness (QED) is 0.855. The zero-order chi connectivity index (χ0) is 16.4. The number of amidine groups is 1. The molecule has 4 nitrogen and oxygen atoms in total. The Balaban J connectivity index is 1.83. The Kier molecular flexibility index (Phi) is 4.01. The number of amides is 1. The van der Waals surface area contributed by atoms with Gasteiger partial charge in [0, 0.05) is 17.8 Å². The van der Waals surface area contributed by atoms with Crippen molar-refractivity contribution in [2.24, 2.45) is 4.99 Å². The van der Waals surface area contributed by atoms with Gasteiger partial charge in [-0.2, -0.15) is 0 Å². The average Bonchev–Trinajstić information content (AvgIpc) is 3.07. The van der Waals surface area contributed by atoms with E-state index in [1.54, 1.807) is 18.2 Å². The molecule has 0 unspecified atom stereocenters. The van der Waals surface area contributed by atoms with Crippen molar-refractivity contribution in [2.45, 2.75) is 0 Å². The smallest absolute Gasteiger partial charge is 0.258 e. The maximum atomic E-state index is 13.6. The molecule has 0 atom stereocenters. The lowest BCUT2D eigenvalue weighted by Gasteiger charge is -2.09. The Morgan fingerprint density at radius 3 is 2.70 bits per heavy atom. The van der Waals surface area contributed by atoms with Gasteiger partial charge in [0.25, 0.3) is 5.91 Å². The van der Waals surface area contributed by atoms with Crippen molar-refractivity contribution in [1.82, 2.24) is 5.32 Å². The summed E-state index contributed by atoms with van der Waals surface area (Å²) in [6.07, 6.45) is 0. The summed E-state index contributed by atoms with van der Waals surface area (Å²) in [4.78, 5) is 16.3. The van der Waals surface area contributed by atoms with Crippen molar-refractivity contribution in [3.05, 3.63) is 65.0 Å². The van der Waals surface area contributed by atoms with Crippen molar-refractivity contribution in [1.29, 1.82) is 0 Å². The van der Waals surface area contributed by atoms with Gasteiger partial charge in [-0.1, -0.05) is 12.1 Å². The number of carbonyl (C=O) groups excluding carboxylic acids is 1. The predicted octanol–water partition coefficient (Wildman–Crippen LogP) is 2.71. The molecule has 1 aliphatic rings. The van der Waals surface area contributed by atoms with E-state index in [0.29, 0.717) is 24.1 Å². The molecule has 0 radical (unpaired) electrons. The Bertz CT molecular complexity index is 805. The van der Waals surface area contributed by atoms with Gasteiger partial charge in [-0.05, 0) is 24.3 Å². The molecule has 0 saturated carbocycles. The maximum absolute atomic E-state index is 13.6. The van der Waals surface area contributed by atoms with Gasteiger partial charge in [-0.3, -0.25) is 9.79 Å². The number of hydrogen-bond donors (Lipinski definition) is 2. The van der Waals surface area contributed by atoms with E-state index >= 15 is 0 Å². The van der Waals surface area contributed by atoms with E-state index < -0.39 is 28.9 Å². The van der Waals surface area contributed by atoms with Crippen LogP contribution in [0.4, 0.5) is 18.9 Å². The van der Waals surface area contributed by atoms with E-state index in [4.69, 9.17) is 0 Å². The van der Waals surface area contributed by atoms with Gasteiger partial charge < -0.3 is 10.6 Å². The van der Waals surface area contributed by atoms with Crippen molar-refractivity contribution >= 4 is 17.4 Å². The van der Waals surface area contributed by atoms with Gasteiger partial charge in [0.15, 0.2) is 17.5 Å². The summed E-state index contributed by atoms with van der Waals surface area (Å²) in [5.41, 5.74) is 0.602. The Morgan fingerprint density at radius 2 is 1.96 bits per heavy atom. The summed E-state index contributed by atoms with van der Waals surface area (Å²) in [6, 6.07) is 8.39. The highest BCUT2D eigenvalue weighted by atomic mass is 19.2. The molecular weight excluding hydrogens is 307 g/mol. The predicted molar refractivity (Wildman–Crippen MR) is 80.1 cm³/mol. The van der Waals surface area contributed by atoms with Crippen LogP contribution in [0.2, 0.25) is 0 Å². The molecule has 2 aromatic carbocycles. The molecule has 0 bridgehead atoms. The van der Waals surface area contributed by atoms with Crippen LogP contribution < -0.4 is 10.6 Å². The first-order chi connectivity index (χ1) is 11.1. The Morgan fingerprint density at radius 1 is 1.13 bits per heavy atom. The van der Waals surface area contributed by atoms with Crippen LogP contribution in [0, 0.1) is 17.5 Å². The lowest BCUT2D eigenvalue weighted by molar-refractivity contribution is 0.102. The highest BCUT2D eigenvalue weighted by molar-refractivity contribution is 6.06. The third kappa shape index (κ3) is 3.03. The molecule has 0 saturated heterocycles. The fourth-order valence-electron chi connectivity index (χ4n) is 2.24. The molecular formula is C16H12F3N3O. The molecule has 23 heavy (non-hydrogen) atoms.